The van der Waals surface area contributed by atoms with Gasteiger partial charge in [-0.1, -0.05) is 18.2 Å². The summed E-state index contributed by atoms with van der Waals surface area (Å²) in [4.78, 5) is 0. The molecule has 0 amide bonds. The smallest absolute Gasteiger partial charge is 0.0918 e. The zero-order valence-corrected chi connectivity index (χ0v) is 11.5. The van der Waals surface area contributed by atoms with Gasteiger partial charge in [-0.05, 0) is 28.7 Å². The normalized spacial score (nSPS) is 11.2. The Kier molecular flexibility index (Phi) is 2.62. The predicted molar refractivity (Wildman–Crippen MR) is 74.8 cm³/mol. The topological polar surface area (TPSA) is 35.6 Å². The predicted octanol–water partition coefficient (Wildman–Crippen LogP) is 2.42. The van der Waals surface area contributed by atoms with Gasteiger partial charge in [0, 0.05) is 18.6 Å². The fourth-order valence-electron chi connectivity index (χ4n) is 1.98. The van der Waals surface area contributed by atoms with Crippen molar-refractivity contribution in [3.8, 4) is 0 Å². The molecule has 0 aliphatic heterocycles. The van der Waals surface area contributed by atoms with Gasteiger partial charge < -0.3 is 0 Å². The standard InChI is InChI=1S/C12H11IN4/c1-16-12-5-3-2-4-10(12)11(15-16)8-17-7-9(13)6-14-17/h2-7H,8H2,1H3. The first-order valence-electron chi connectivity index (χ1n) is 5.32. The number of hydrogen-bond acceptors (Lipinski definition) is 2. The minimum atomic E-state index is 0.713. The maximum Gasteiger partial charge on any atom is 0.0918 e. The number of nitrogens with zero attached hydrogens (tertiary/aromatic N) is 4. The molecule has 0 saturated carbocycles. The first-order chi connectivity index (χ1) is 8.24. The van der Waals surface area contributed by atoms with Gasteiger partial charge in [0.2, 0.25) is 0 Å². The number of para-hydroxylation sites is 1. The lowest BCUT2D eigenvalue weighted by Crippen LogP contribution is -2.01. The van der Waals surface area contributed by atoms with Crippen molar-refractivity contribution in [1.29, 1.82) is 0 Å². The fraction of sp³-hybridized carbons (Fsp3) is 0.167. The van der Waals surface area contributed by atoms with Gasteiger partial charge in [-0.3, -0.25) is 9.36 Å². The van der Waals surface area contributed by atoms with Gasteiger partial charge in [-0.15, -0.1) is 0 Å². The first-order valence-corrected chi connectivity index (χ1v) is 6.40. The molecular formula is C12H11IN4. The van der Waals surface area contributed by atoms with Crippen molar-refractivity contribution < 1.29 is 0 Å². The van der Waals surface area contributed by atoms with Crippen LogP contribution in [0.4, 0.5) is 0 Å². The van der Waals surface area contributed by atoms with Crippen LogP contribution in [0.25, 0.3) is 10.9 Å². The minimum Gasteiger partial charge on any atom is -0.268 e. The summed E-state index contributed by atoms with van der Waals surface area (Å²) in [5.41, 5.74) is 2.21. The van der Waals surface area contributed by atoms with Crippen molar-refractivity contribution >= 4 is 33.5 Å². The van der Waals surface area contributed by atoms with E-state index in [2.05, 4.69) is 44.9 Å². The van der Waals surface area contributed by atoms with Gasteiger partial charge in [0.15, 0.2) is 0 Å². The van der Waals surface area contributed by atoms with E-state index in [1.165, 1.54) is 5.39 Å². The molecule has 3 aromatic rings. The van der Waals surface area contributed by atoms with Crippen LogP contribution in [0.3, 0.4) is 0 Å². The maximum atomic E-state index is 4.55. The average Bonchev–Trinajstić information content (AvgIpc) is 2.86. The Bertz CT molecular complexity index is 668. The number of hydrogen-bond donors (Lipinski definition) is 0. The van der Waals surface area contributed by atoms with Gasteiger partial charge in [0.1, 0.15) is 0 Å². The number of halogens is 1. The molecule has 0 atom stereocenters. The molecule has 2 aromatic heterocycles. The van der Waals surface area contributed by atoms with Crippen LogP contribution in [0.15, 0.2) is 36.7 Å². The molecule has 0 N–H and O–H groups in total. The molecule has 0 radical (unpaired) electrons. The highest BCUT2D eigenvalue weighted by molar-refractivity contribution is 14.1. The molecule has 5 heteroatoms. The van der Waals surface area contributed by atoms with Crippen LogP contribution in [0.5, 0.6) is 0 Å². The van der Waals surface area contributed by atoms with Gasteiger partial charge in [0.25, 0.3) is 0 Å². The molecule has 2 heterocycles. The number of benzene rings is 1. The van der Waals surface area contributed by atoms with E-state index in [9.17, 15) is 0 Å². The summed E-state index contributed by atoms with van der Waals surface area (Å²) in [6.45, 7) is 0.713. The minimum absolute atomic E-state index is 0.713. The molecule has 0 bridgehead atoms. The lowest BCUT2D eigenvalue weighted by Gasteiger charge is -1.97. The second-order valence-corrected chi connectivity index (χ2v) is 5.19. The number of rotatable bonds is 2. The SMILES string of the molecule is Cn1nc(Cn2cc(I)cn2)c2ccccc21. The average molecular weight is 338 g/mol. The summed E-state index contributed by atoms with van der Waals surface area (Å²) in [5, 5.41) is 10.0. The van der Waals surface area contributed by atoms with Crippen LogP contribution in [-0.4, -0.2) is 19.6 Å². The van der Waals surface area contributed by atoms with E-state index < -0.39 is 0 Å². The Morgan fingerprint density at radius 1 is 1.29 bits per heavy atom. The lowest BCUT2D eigenvalue weighted by atomic mass is 10.2. The molecular weight excluding hydrogens is 327 g/mol. The Morgan fingerprint density at radius 2 is 2.12 bits per heavy atom. The van der Waals surface area contributed by atoms with E-state index in [1.807, 2.05) is 40.9 Å². The molecule has 4 nitrogen and oxygen atoms in total. The van der Waals surface area contributed by atoms with Crippen LogP contribution < -0.4 is 0 Å². The summed E-state index contributed by atoms with van der Waals surface area (Å²) in [7, 11) is 1.97. The van der Waals surface area contributed by atoms with Gasteiger partial charge in [-0.25, -0.2) is 0 Å². The van der Waals surface area contributed by atoms with Crippen molar-refractivity contribution in [2.75, 3.05) is 0 Å². The number of aryl methyl sites for hydroxylation is 1. The van der Waals surface area contributed by atoms with E-state index in [0.29, 0.717) is 6.54 Å². The van der Waals surface area contributed by atoms with Crippen molar-refractivity contribution in [3.63, 3.8) is 0 Å². The summed E-state index contributed by atoms with van der Waals surface area (Å²) in [6, 6.07) is 8.26. The molecule has 86 valence electrons. The Balaban J connectivity index is 2.06. The molecule has 0 fully saturated rings. The third-order valence-electron chi connectivity index (χ3n) is 2.75. The Labute approximate surface area is 112 Å². The second-order valence-electron chi connectivity index (χ2n) is 3.94. The van der Waals surface area contributed by atoms with Gasteiger partial charge in [0.05, 0.1) is 27.5 Å². The van der Waals surface area contributed by atoms with Crippen LogP contribution in [0.2, 0.25) is 0 Å². The highest BCUT2D eigenvalue weighted by Crippen LogP contribution is 2.18. The lowest BCUT2D eigenvalue weighted by molar-refractivity contribution is 0.655. The Hall–Kier alpha value is -1.37. The van der Waals surface area contributed by atoms with Crippen molar-refractivity contribution in [2.45, 2.75) is 6.54 Å². The monoisotopic (exact) mass is 338 g/mol. The van der Waals surface area contributed by atoms with Crippen molar-refractivity contribution in [3.05, 3.63) is 45.9 Å². The largest absolute Gasteiger partial charge is 0.268 e. The van der Waals surface area contributed by atoms with Gasteiger partial charge in [-0.2, -0.15) is 10.2 Å². The van der Waals surface area contributed by atoms with E-state index in [1.54, 1.807) is 0 Å². The number of fused-ring (bicyclic) bond motifs is 1. The zero-order valence-electron chi connectivity index (χ0n) is 9.34. The third-order valence-corrected chi connectivity index (χ3v) is 3.30. The molecule has 0 aliphatic carbocycles. The molecule has 17 heavy (non-hydrogen) atoms. The van der Waals surface area contributed by atoms with E-state index in [0.717, 1.165) is 14.8 Å². The summed E-state index contributed by atoms with van der Waals surface area (Å²) >= 11 is 2.26. The zero-order chi connectivity index (χ0) is 11.8. The van der Waals surface area contributed by atoms with E-state index in [4.69, 9.17) is 0 Å². The van der Waals surface area contributed by atoms with E-state index in [-0.39, 0.29) is 0 Å². The maximum absolute atomic E-state index is 4.55. The van der Waals surface area contributed by atoms with Crippen LogP contribution in [0, 0.1) is 3.57 Å². The van der Waals surface area contributed by atoms with Crippen LogP contribution in [0.1, 0.15) is 5.69 Å². The molecule has 0 aliphatic rings. The third kappa shape index (κ3) is 1.95. The highest BCUT2D eigenvalue weighted by atomic mass is 127. The molecule has 1 aromatic carbocycles. The van der Waals surface area contributed by atoms with Crippen molar-refractivity contribution in [1.82, 2.24) is 19.6 Å². The summed E-state index contributed by atoms with van der Waals surface area (Å²) < 4.78 is 4.97. The molecule has 0 unspecified atom stereocenters. The molecule has 0 saturated heterocycles. The highest BCUT2D eigenvalue weighted by Gasteiger charge is 2.08. The number of aromatic nitrogens is 4. The van der Waals surface area contributed by atoms with Crippen LogP contribution >= 0.6 is 22.6 Å². The summed E-state index contributed by atoms with van der Waals surface area (Å²) in [5.74, 6) is 0. The van der Waals surface area contributed by atoms with E-state index >= 15 is 0 Å². The quantitative estimate of drug-likeness (QED) is 0.673. The first kappa shape index (κ1) is 10.8. The summed E-state index contributed by atoms with van der Waals surface area (Å²) in [6.07, 6.45) is 3.87. The van der Waals surface area contributed by atoms with Crippen molar-refractivity contribution in [2.24, 2.45) is 7.05 Å². The fourth-order valence-corrected chi connectivity index (χ4v) is 2.43. The van der Waals surface area contributed by atoms with Gasteiger partial charge >= 0.3 is 0 Å². The Morgan fingerprint density at radius 3 is 2.88 bits per heavy atom. The van der Waals surface area contributed by atoms with Crippen LogP contribution in [-0.2, 0) is 13.6 Å². The second kappa shape index (κ2) is 4.14. The molecule has 0 spiro atoms. The molecule has 3 rings (SSSR count).